The Morgan fingerprint density at radius 2 is 1.88 bits per heavy atom. The molecule has 0 fully saturated rings. The molecule has 0 aliphatic carbocycles. The molecule has 7 nitrogen and oxygen atoms in total. The minimum absolute atomic E-state index is 0.00358. The zero-order chi connectivity index (χ0) is 18.5. The minimum Gasteiger partial charge on any atom is -0.496 e. The van der Waals surface area contributed by atoms with Crippen molar-refractivity contribution >= 4 is 28.1 Å². The second kappa shape index (κ2) is 7.52. The first-order valence-electron chi connectivity index (χ1n) is 7.81. The Morgan fingerprint density at radius 3 is 2.65 bits per heavy atom. The summed E-state index contributed by atoms with van der Waals surface area (Å²) in [6.45, 7) is -0.351. The molecule has 0 saturated carbocycles. The van der Waals surface area contributed by atoms with E-state index < -0.39 is 10.8 Å². The lowest BCUT2D eigenvalue weighted by atomic mass is 10.1. The molecule has 0 aliphatic rings. The van der Waals surface area contributed by atoms with E-state index in [9.17, 15) is 14.9 Å². The van der Waals surface area contributed by atoms with Crippen molar-refractivity contribution in [3.8, 4) is 11.5 Å². The molecule has 0 saturated heterocycles. The van der Waals surface area contributed by atoms with Gasteiger partial charge in [0.25, 0.3) is 5.91 Å². The summed E-state index contributed by atoms with van der Waals surface area (Å²) in [4.78, 5) is 22.8. The van der Waals surface area contributed by atoms with E-state index in [0.717, 1.165) is 10.8 Å². The normalized spacial score (nSPS) is 10.3. The number of nitrogens with zero attached hydrogens (tertiary/aromatic N) is 1. The molecular formula is C19H16N2O5. The molecule has 7 heteroatoms. The van der Waals surface area contributed by atoms with Crippen LogP contribution in [0.15, 0.2) is 60.7 Å². The predicted octanol–water partition coefficient (Wildman–Crippen LogP) is 3.77. The van der Waals surface area contributed by atoms with Crippen molar-refractivity contribution in [1.82, 2.24) is 0 Å². The number of rotatable bonds is 6. The number of carbonyl (C=O) groups is 1. The van der Waals surface area contributed by atoms with Gasteiger partial charge in [-0.1, -0.05) is 36.4 Å². The molecule has 1 N–H and O–H groups in total. The van der Waals surface area contributed by atoms with Gasteiger partial charge in [0.05, 0.1) is 18.1 Å². The van der Waals surface area contributed by atoms with Crippen LogP contribution in [-0.4, -0.2) is 24.5 Å². The average Bonchev–Trinajstić information content (AvgIpc) is 2.66. The Morgan fingerprint density at radius 1 is 1.12 bits per heavy atom. The molecule has 0 radical (unpaired) electrons. The van der Waals surface area contributed by atoms with Crippen molar-refractivity contribution in [1.29, 1.82) is 0 Å². The van der Waals surface area contributed by atoms with Crippen LogP contribution in [0.25, 0.3) is 10.8 Å². The highest BCUT2D eigenvalue weighted by atomic mass is 16.6. The first-order chi connectivity index (χ1) is 12.6. The van der Waals surface area contributed by atoms with Gasteiger partial charge in [0.15, 0.2) is 12.4 Å². The van der Waals surface area contributed by atoms with E-state index in [2.05, 4.69) is 5.32 Å². The van der Waals surface area contributed by atoms with Gasteiger partial charge < -0.3 is 14.8 Å². The van der Waals surface area contributed by atoms with Crippen LogP contribution >= 0.6 is 0 Å². The maximum atomic E-state index is 12.2. The molecule has 3 aromatic rings. The molecule has 0 heterocycles. The number of ether oxygens (including phenoxy) is 2. The van der Waals surface area contributed by atoms with Crippen LogP contribution in [0, 0.1) is 10.1 Å². The second-order valence-electron chi connectivity index (χ2n) is 5.45. The van der Waals surface area contributed by atoms with Gasteiger partial charge >= 0.3 is 5.69 Å². The molecule has 0 unspecified atom stereocenters. The minimum atomic E-state index is -0.583. The van der Waals surface area contributed by atoms with Crippen molar-refractivity contribution in [2.75, 3.05) is 19.0 Å². The van der Waals surface area contributed by atoms with E-state index in [0.29, 0.717) is 11.4 Å². The molecule has 0 aliphatic heterocycles. The van der Waals surface area contributed by atoms with E-state index in [1.54, 1.807) is 6.07 Å². The number of nitro groups is 1. The van der Waals surface area contributed by atoms with Gasteiger partial charge in [0.1, 0.15) is 5.75 Å². The number of anilines is 1. The van der Waals surface area contributed by atoms with Crippen molar-refractivity contribution < 1.29 is 19.2 Å². The largest absolute Gasteiger partial charge is 0.496 e. The van der Waals surface area contributed by atoms with Gasteiger partial charge in [0.2, 0.25) is 0 Å². The first kappa shape index (κ1) is 17.2. The van der Waals surface area contributed by atoms with Gasteiger partial charge in [-0.2, -0.15) is 0 Å². The number of hydrogen-bond acceptors (Lipinski definition) is 5. The summed E-state index contributed by atoms with van der Waals surface area (Å²) in [6, 6.07) is 17.4. The molecule has 0 bridgehead atoms. The summed E-state index contributed by atoms with van der Waals surface area (Å²) in [5.41, 5.74) is 0.392. The summed E-state index contributed by atoms with van der Waals surface area (Å²) in [5.74, 6) is -0.0698. The Hall–Kier alpha value is -3.61. The standard InChI is InChI=1S/C19H16N2O5/c1-25-14-9-10-18(17(11-14)21(23)24)26-12-19(22)20-16-8-4-6-13-5-2-3-7-15(13)16/h2-11H,12H2,1H3,(H,20,22). The third-order valence-corrected chi connectivity index (χ3v) is 3.79. The van der Waals surface area contributed by atoms with Crippen molar-refractivity contribution in [2.45, 2.75) is 0 Å². The van der Waals surface area contributed by atoms with E-state index in [-0.39, 0.29) is 18.0 Å². The topological polar surface area (TPSA) is 90.7 Å². The van der Waals surface area contributed by atoms with Crippen LogP contribution in [0.2, 0.25) is 0 Å². The van der Waals surface area contributed by atoms with Crippen LogP contribution in [0.1, 0.15) is 0 Å². The highest BCUT2D eigenvalue weighted by Crippen LogP contribution is 2.31. The van der Waals surface area contributed by atoms with E-state index in [4.69, 9.17) is 9.47 Å². The van der Waals surface area contributed by atoms with Crippen LogP contribution in [0.5, 0.6) is 11.5 Å². The van der Waals surface area contributed by atoms with Crippen LogP contribution in [0.3, 0.4) is 0 Å². The zero-order valence-electron chi connectivity index (χ0n) is 14.0. The fourth-order valence-corrected chi connectivity index (χ4v) is 2.55. The summed E-state index contributed by atoms with van der Waals surface area (Å²) in [5, 5.41) is 15.8. The third-order valence-electron chi connectivity index (χ3n) is 3.79. The Kier molecular flexibility index (Phi) is 4.98. The molecule has 0 spiro atoms. The molecule has 26 heavy (non-hydrogen) atoms. The van der Waals surface area contributed by atoms with Crippen molar-refractivity contribution in [2.24, 2.45) is 0 Å². The number of benzene rings is 3. The van der Waals surface area contributed by atoms with Crippen LogP contribution < -0.4 is 14.8 Å². The zero-order valence-corrected chi connectivity index (χ0v) is 14.0. The summed E-state index contributed by atoms with van der Waals surface area (Å²) in [6.07, 6.45) is 0. The Balaban J connectivity index is 1.72. The molecule has 1 amide bonds. The van der Waals surface area contributed by atoms with Crippen molar-refractivity contribution in [3.63, 3.8) is 0 Å². The van der Waals surface area contributed by atoms with Gasteiger partial charge in [-0.15, -0.1) is 0 Å². The van der Waals surface area contributed by atoms with Crippen LogP contribution in [0.4, 0.5) is 11.4 Å². The molecule has 3 rings (SSSR count). The van der Waals surface area contributed by atoms with Crippen molar-refractivity contribution in [3.05, 3.63) is 70.8 Å². The summed E-state index contributed by atoms with van der Waals surface area (Å²) < 4.78 is 10.3. The predicted molar refractivity (Wildman–Crippen MR) is 97.7 cm³/mol. The number of carbonyl (C=O) groups excluding carboxylic acids is 1. The number of hydrogen-bond donors (Lipinski definition) is 1. The SMILES string of the molecule is COc1ccc(OCC(=O)Nc2cccc3ccccc23)c([N+](=O)[O-])c1. The summed E-state index contributed by atoms with van der Waals surface area (Å²) in [7, 11) is 1.41. The monoisotopic (exact) mass is 352 g/mol. The molecule has 3 aromatic carbocycles. The number of amides is 1. The van der Waals surface area contributed by atoms with Gasteiger partial charge in [-0.25, -0.2) is 0 Å². The molecule has 0 aromatic heterocycles. The van der Waals surface area contributed by atoms with Gasteiger partial charge in [0, 0.05) is 11.1 Å². The maximum Gasteiger partial charge on any atom is 0.314 e. The Bertz CT molecular complexity index is 966. The van der Waals surface area contributed by atoms with E-state index in [1.165, 1.54) is 25.3 Å². The van der Waals surface area contributed by atoms with Gasteiger partial charge in [-0.05, 0) is 23.6 Å². The fourth-order valence-electron chi connectivity index (χ4n) is 2.55. The quantitative estimate of drug-likeness (QED) is 0.538. The average molecular weight is 352 g/mol. The smallest absolute Gasteiger partial charge is 0.314 e. The lowest BCUT2D eigenvalue weighted by molar-refractivity contribution is -0.385. The molecular weight excluding hydrogens is 336 g/mol. The first-order valence-corrected chi connectivity index (χ1v) is 7.81. The number of fused-ring (bicyclic) bond motifs is 1. The highest BCUT2D eigenvalue weighted by molar-refractivity contribution is 6.02. The van der Waals surface area contributed by atoms with E-state index in [1.807, 2.05) is 36.4 Å². The van der Waals surface area contributed by atoms with Gasteiger partial charge in [-0.3, -0.25) is 14.9 Å². The number of nitrogens with one attached hydrogen (secondary N) is 1. The van der Waals surface area contributed by atoms with E-state index >= 15 is 0 Å². The molecule has 132 valence electrons. The number of methoxy groups -OCH3 is 1. The molecule has 0 atom stereocenters. The summed E-state index contributed by atoms with van der Waals surface area (Å²) >= 11 is 0. The lowest BCUT2D eigenvalue weighted by Gasteiger charge is -2.10. The maximum absolute atomic E-state index is 12.2. The lowest BCUT2D eigenvalue weighted by Crippen LogP contribution is -2.20. The Labute approximate surface area is 149 Å². The highest BCUT2D eigenvalue weighted by Gasteiger charge is 2.17. The number of nitro benzene ring substituents is 1. The third kappa shape index (κ3) is 3.72. The second-order valence-corrected chi connectivity index (χ2v) is 5.45. The fraction of sp³-hybridized carbons (Fsp3) is 0.105. The van der Waals surface area contributed by atoms with Crippen LogP contribution in [-0.2, 0) is 4.79 Å².